The Hall–Kier alpha value is -2.68. The molecule has 1 aromatic carbocycles. The summed E-state index contributed by atoms with van der Waals surface area (Å²) in [5.74, 6) is -2.73. The lowest BCUT2D eigenvalue weighted by Crippen LogP contribution is -2.43. The Morgan fingerprint density at radius 1 is 1.19 bits per heavy atom. The average molecular weight is 315 g/mol. The second kappa shape index (κ2) is 6.66. The lowest BCUT2D eigenvalue weighted by atomic mass is 10.1. The molecule has 0 saturated carbocycles. The van der Waals surface area contributed by atoms with Gasteiger partial charge in [0.05, 0.1) is 4.92 Å². The van der Waals surface area contributed by atoms with Gasteiger partial charge in [0.25, 0.3) is 5.91 Å². The van der Waals surface area contributed by atoms with E-state index in [1.165, 1.54) is 12.1 Å². The Morgan fingerprint density at radius 3 is 2.14 bits per heavy atom. The Labute approximate surface area is 123 Å². The molecule has 0 bridgehead atoms. The Bertz CT molecular complexity index is 603. The third kappa shape index (κ3) is 4.14. The minimum atomic E-state index is -0.943. The van der Waals surface area contributed by atoms with E-state index in [0.29, 0.717) is 4.90 Å². The van der Waals surface area contributed by atoms with Crippen LogP contribution in [0, 0.1) is 10.1 Å². The van der Waals surface area contributed by atoms with E-state index in [2.05, 4.69) is 0 Å². The first-order valence-electron chi connectivity index (χ1n) is 5.52. The Kier molecular flexibility index (Phi) is 5.19. The van der Waals surface area contributed by atoms with Gasteiger partial charge in [-0.05, 0) is 12.1 Å². The molecule has 1 rings (SSSR count). The monoisotopic (exact) mass is 314 g/mol. The zero-order valence-corrected chi connectivity index (χ0v) is 11.4. The fourth-order valence-corrected chi connectivity index (χ4v) is 1.86. The summed E-state index contributed by atoms with van der Waals surface area (Å²) >= 11 is 5.69. The normalized spacial score (nSPS) is 9.95. The zero-order chi connectivity index (χ0) is 16.2. The number of para-hydroxylation sites is 1. The van der Waals surface area contributed by atoms with Crippen molar-refractivity contribution in [1.29, 1.82) is 0 Å². The third-order valence-electron chi connectivity index (χ3n) is 2.38. The van der Waals surface area contributed by atoms with Crippen molar-refractivity contribution in [2.75, 3.05) is 13.1 Å². The summed E-state index contributed by atoms with van der Waals surface area (Å²) in [6, 6.07) is 3.72. The van der Waals surface area contributed by atoms with Crippen LogP contribution in [0.25, 0.3) is 0 Å². The summed E-state index contributed by atoms with van der Waals surface area (Å²) < 4.78 is 0. The Balaban J connectivity index is 3.26. The molecule has 112 valence electrons. The lowest BCUT2D eigenvalue weighted by Gasteiger charge is -2.19. The number of primary amides is 2. The predicted octanol–water partition coefficient (Wildman–Crippen LogP) is -0.339. The summed E-state index contributed by atoms with van der Waals surface area (Å²) in [6.07, 6.45) is 0. The van der Waals surface area contributed by atoms with Crippen LogP contribution in [0.5, 0.6) is 0 Å². The average Bonchev–Trinajstić information content (AvgIpc) is 2.35. The van der Waals surface area contributed by atoms with Gasteiger partial charge < -0.3 is 16.4 Å². The van der Waals surface area contributed by atoms with Crippen LogP contribution in [0.2, 0.25) is 5.02 Å². The van der Waals surface area contributed by atoms with Gasteiger partial charge in [0.15, 0.2) is 0 Å². The van der Waals surface area contributed by atoms with E-state index in [1.807, 2.05) is 0 Å². The number of halogens is 1. The maximum absolute atomic E-state index is 12.2. The lowest BCUT2D eigenvalue weighted by molar-refractivity contribution is -0.385. The van der Waals surface area contributed by atoms with Crippen molar-refractivity contribution in [2.24, 2.45) is 11.5 Å². The fraction of sp³-hybridized carbons (Fsp3) is 0.182. The summed E-state index contributed by atoms with van der Waals surface area (Å²) in [7, 11) is 0. The van der Waals surface area contributed by atoms with Crippen LogP contribution in [-0.2, 0) is 9.59 Å². The number of nitro benzene ring substituents is 1. The minimum absolute atomic E-state index is 0.246. The van der Waals surface area contributed by atoms with Gasteiger partial charge in [-0.25, -0.2) is 0 Å². The van der Waals surface area contributed by atoms with Crippen LogP contribution in [0.3, 0.4) is 0 Å². The van der Waals surface area contributed by atoms with Crippen LogP contribution in [-0.4, -0.2) is 40.6 Å². The van der Waals surface area contributed by atoms with E-state index < -0.39 is 41.4 Å². The number of rotatable bonds is 6. The van der Waals surface area contributed by atoms with Gasteiger partial charge in [0.1, 0.15) is 23.7 Å². The fourth-order valence-electron chi connectivity index (χ4n) is 1.62. The van der Waals surface area contributed by atoms with Crippen molar-refractivity contribution in [3.05, 3.63) is 38.9 Å². The summed E-state index contributed by atoms with van der Waals surface area (Å²) in [5, 5.41) is 10.7. The number of carbonyl (C=O) groups excluding carboxylic acids is 3. The highest BCUT2D eigenvalue weighted by molar-refractivity contribution is 6.33. The largest absolute Gasteiger partial charge is 0.368 e. The molecule has 0 unspecified atom stereocenters. The van der Waals surface area contributed by atoms with Gasteiger partial charge in [-0.3, -0.25) is 24.5 Å². The molecule has 0 saturated heterocycles. The molecule has 0 heterocycles. The molecule has 0 aliphatic carbocycles. The molecule has 0 atom stereocenters. The maximum atomic E-state index is 12.2. The molecule has 0 fully saturated rings. The van der Waals surface area contributed by atoms with Gasteiger partial charge in [-0.15, -0.1) is 0 Å². The molecule has 10 heteroatoms. The SMILES string of the molecule is NC(=O)CN(CC(N)=O)C(=O)c1cccc(Cl)c1[N+](=O)[O-]. The van der Waals surface area contributed by atoms with Crippen molar-refractivity contribution >= 4 is 35.0 Å². The van der Waals surface area contributed by atoms with Crippen LogP contribution in [0.15, 0.2) is 18.2 Å². The first kappa shape index (κ1) is 16.4. The first-order valence-corrected chi connectivity index (χ1v) is 5.90. The maximum Gasteiger partial charge on any atom is 0.300 e. The zero-order valence-electron chi connectivity index (χ0n) is 10.6. The molecule has 0 aliphatic rings. The van der Waals surface area contributed by atoms with Crippen molar-refractivity contribution in [2.45, 2.75) is 0 Å². The first-order chi connectivity index (χ1) is 9.73. The van der Waals surface area contributed by atoms with Crippen LogP contribution in [0.4, 0.5) is 5.69 Å². The standard InChI is InChI=1S/C11H11ClN4O5/c12-7-3-1-2-6(10(7)16(20)21)11(19)15(4-8(13)17)5-9(14)18/h1-3H,4-5H2,(H2,13,17)(H2,14,18). The quantitative estimate of drug-likeness (QED) is 0.544. The highest BCUT2D eigenvalue weighted by Crippen LogP contribution is 2.29. The van der Waals surface area contributed by atoms with E-state index in [4.69, 9.17) is 23.1 Å². The molecule has 4 N–H and O–H groups in total. The number of hydrogen-bond acceptors (Lipinski definition) is 5. The number of hydrogen-bond donors (Lipinski definition) is 2. The van der Waals surface area contributed by atoms with E-state index in [1.54, 1.807) is 0 Å². The highest BCUT2D eigenvalue weighted by atomic mass is 35.5. The van der Waals surface area contributed by atoms with Crippen LogP contribution in [0.1, 0.15) is 10.4 Å². The number of carbonyl (C=O) groups is 3. The van der Waals surface area contributed by atoms with Gasteiger partial charge in [0.2, 0.25) is 11.8 Å². The van der Waals surface area contributed by atoms with Crippen molar-refractivity contribution in [3.63, 3.8) is 0 Å². The van der Waals surface area contributed by atoms with Crippen molar-refractivity contribution in [1.82, 2.24) is 4.90 Å². The highest BCUT2D eigenvalue weighted by Gasteiger charge is 2.28. The summed E-state index contributed by atoms with van der Waals surface area (Å²) in [6.45, 7) is -1.21. The molecule has 0 spiro atoms. The molecular formula is C11H11ClN4O5. The molecule has 1 aromatic rings. The molecule has 0 aromatic heterocycles. The Morgan fingerprint density at radius 2 is 1.71 bits per heavy atom. The van der Waals surface area contributed by atoms with E-state index in [9.17, 15) is 24.5 Å². The van der Waals surface area contributed by atoms with Crippen LogP contribution >= 0.6 is 11.6 Å². The second-order valence-corrected chi connectivity index (χ2v) is 4.39. The number of nitrogens with two attached hydrogens (primary N) is 2. The smallest absolute Gasteiger partial charge is 0.300 e. The summed E-state index contributed by atoms with van der Waals surface area (Å²) in [4.78, 5) is 45.0. The number of benzene rings is 1. The van der Waals surface area contributed by atoms with E-state index >= 15 is 0 Å². The second-order valence-electron chi connectivity index (χ2n) is 3.99. The van der Waals surface area contributed by atoms with Crippen molar-refractivity contribution < 1.29 is 19.3 Å². The van der Waals surface area contributed by atoms with E-state index in [-0.39, 0.29) is 10.6 Å². The summed E-state index contributed by atoms with van der Waals surface area (Å²) in [5.41, 5.74) is 8.95. The van der Waals surface area contributed by atoms with Gasteiger partial charge in [-0.2, -0.15) is 0 Å². The van der Waals surface area contributed by atoms with Gasteiger partial charge in [0, 0.05) is 0 Å². The molecule has 9 nitrogen and oxygen atoms in total. The topological polar surface area (TPSA) is 150 Å². The van der Waals surface area contributed by atoms with Crippen LogP contribution < -0.4 is 11.5 Å². The molecule has 0 radical (unpaired) electrons. The molecular weight excluding hydrogens is 304 g/mol. The molecule has 3 amide bonds. The number of nitrogens with zero attached hydrogens (tertiary/aromatic N) is 2. The molecule has 21 heavy (non-hydrogen) atoms. The van der Waals surface area contributed by atoms with Gasteiger partial charge >= 0.3 is 5.69 Å². The van der Waals surface area contributed by atoms with Crippen molar-refractivity contribution in [3.8, 4) is 0 Å². The van der Waals surface area contributed by atoms with E-state index in [0.717, 1.165) is 6.07 Å². The predicted molar refractivity (Wildman–Crippen MR) is 72.4 cm³/mol. The number of nitro groups is 1. The number of amides is 3. The minimum Gasteiger partial charge on any atom is -0.368 e. The molecule has 0 aliphatic heterocycles. The van der Waals surface area contributed by atoms with Gasteiger partial charge in [-0.1, -0.05) is 17.7 Å². The third-order valence-corrected chi connectivity index (χ3v) is 2.69.